The average molecular weight is 317 g/mol. The summed E-state index contributed by atoms with van der Waals surface area (Å²) < 4.78 is 0. The van der Waals surface area contributed by atoms with Crippen LogP contribution in [0.2, 0.25) is 10.0 Å². The second-order valence-corrected chi connectivity index (χ2v) is 5.89. The van der Waals surface area contributed by atoms with E-state index in [1.807, 2.05) is 18.2 Å². The Labute approximate surface area is 133 Å². The van der Waals surface area contributed by atoms with Crippen LogP contribution >= 0.6 is 23.2 Å². The lowest BCUT2D eigenvalue weighted by Crippen LogP contribution is -2.01. The second kappa shape index (κ2) is 6.07. The fraction of sp³-hybridized carbons (Fsp3) is 0.111. The molecule has 0 spiro atoms. The normalized spacial score (nSPS) is 12.5. The molecule has 0 heterocycles. The zero-order valence-corrected chi connectivity index (χ0v) is 12.8. The molecule has 0 aliphatic carbocycles. The van der Waals surface area contributed by atoms with Gasteiger partial charge in [-0.25, -0.2) is 0 Å². The van der Waals surface area contributed by atoms with Gasteiger partial charge in [0.15, 0.2) is 0 Å². The SMILES string of the molecule is OC(Cc1ccc2ccccc2c1)c1ccc(Cl)c(Cl)c1. The number of aliphatic hydroxyl groups excluding tert-OH is 1. The Kier molecular flexibility index (Phi) is 4.16. The van der Waals surface area contributed by atoms with Gasteiger partial charge in [0.05, 0.1) is 16.1 Å². The van der Waals surface area contributed by atoms with E-state index in [1.54, 1.807) is 18.2 Å². The average Bonchev–Trinajstić information content (AvgIpc) is 2.50. The van der Waals surface area contributed by atoms with Crippen LogP contribution in [0.3, 0.4) is 0 Å². The molecule has 3 heteroatoms. The van der Waals surface area contributed by atoms with Crippen LogP contribution in [0.25, 0.3) is 10.8 Å². The molecule has 3 rings (SSSR count). The van der Waals surface area contributed by atoms with Gasteiger partial charge in [-0.2, -0.15) is 0 Å². The maximum Gasteiger partial charge on any atom is 0.0830 e. The number of aliphatic hydroxyl groups is 1. The molecular weight excluding hydrogens is 303 g/mol. The van der Waals surface area contributed by atoms with Gasteiger partial charge in [0.1, 0.15) is 0 Å². The summed E-state index contributed by atoms with van der Waals surface area (Å²) in [5.41, 5.74) is 1.87. The van der Waals surface area contributed by atoms with Crippen molar-refractivity contribution < 1.29 is 5.11 Å². The van der Waals surface area contributed by atoms with Crippen LogP contribution in [0.1, 0.15) is 17.2 Å². The summed E-state index contributed by atoms with van der Waals surface area (Å²) in [6.45, 7) is 0. The first-order valence-corrected chi connectivity index (χ1v) is 7.50. The number of benzene rings is 3. The molecule has 0 fully saturated rings. The third kappa shape index (κ3) is 3.21. The minimum absolute atomic E-state index is 0.465. The predicted octanol–water partition coefficient (Wildman–Crippen LogP) is 5.42. The highest BCUT2D eigenvalue weighted by molar-refractivity contribution is 6.42. The van der Waals surface area contributed by atoms with Gasteiger partial charge in [-0.15, -0.1) is 0 Å². The van der Waals surface area contributed by atoms with Gasteiger partial charge in [-0.1, -0.05) is 71.7 Å². The van der Waals surface area contributed by atoms with Crippen molar-refractivity contribution in [3.05, 3.63) is 81.8 Å². The first kappa shape index (κ1) is 14.4. The van der Waals surface area contributed by atoms with E-state index in [2.05, 4.69) is 24.3 Å². The Balaban J connectivity index is 1.85. The van der Waals surface area contributed by atoms with Gasteiger partial charge in [-0.3, -0.25) is 0 Å². The van der Waals surface area contributed by atoms with E-state index in [9.17, 15) is 5.11 Å². The maximum atomic E-state index is 10.4. The van der Waals surface area contributed by atoms with Crippen molar-refractivity contribution in [2.24, 2.45) is 0 Å². The summed E-state index contributed by atoms with van der Waals surface area (Å²) in [4.78, 5) is 0. The molecule has 0 aliphatic heterocycles. The molecular formula is C18H14Cl2O. The van der Waals surface area contributed by atoms with Crippen molar-refractivity contribution in [2.75, 3.05) is 0 Å². The highest BCUT2D eigenvalue weighted by Crippen LogP contribution is 2.27. The van der Waals surface area contributed by atoms with Crippen molar-refractivity contribution in [2.45, 2.75) is 12.5 Å². The van der Waals surface area contributed by atoms with Crippen molar-refractivity contribution in [3.63, 3.8) is 0 Å². The molecule has 1 unspecified atom stereocenters. The molecule has 1 atom stereocenters. The Hall–Kier alpha value is -1.54. The van der Waals surface area contributed by atoms with Gasteiger partial charge in [0, 0.05) is 6.42 Å². The second-order valence-electron chi connectivity index (χ2n) is 5.07. The van der Waals surface area contributed by atoms with Gasteiger partial charge >= 0.3 is 0 Å². The third-order valence-corrected chi connectivity index (χ3v) is 4.31. The summed E-state index contributed by atoms with van der Waals surface area (Å²) in [6, 6.07) is 19.6. The molecule has 106 valence electrons. The van der Waals surface area contributed by atoms with Crippen LogP contribution in [0, 0.1) is 0 Å². The molecule has 0 saturated carbocycles. The molecule has 1 N–H and O–H groups in total. The summed E-state index contributed by atoms with van der Waals surface area (Å²) in [7, 11) is 0. The Morgan fingerprint density at radius 3 is 2.33 bits per heavy atom. The highest BCUT2D eigenvalue weighted by Gasteiger charge is 2.10. The van der Waals surface area contributed by atoms with E-state index in [4.69, 9.17) is 23.2 Å². The topological polar surface area (TPSA) is 20.2 Å². The van der Waals surface area contributed by atoms with Crippen molar-refractivity contribution in [1.29, 1.82) is 0 Å². The van der Waals surface area contributed by atoms with E-state index in [-0.39, 0.29) is 0 Å². The van der Waals surface area contributed by atoms with Gasteiger partial charge in [0.25, 0.3) is 0 Å². The van der Waals surface area contributed by atoms with Crippen LogP contribution < -0.4 is 0 Å². The molecule has 3 aromatic rings. The number of hydrogen-bond donors (Lipinski definition) is 1. The first-order chi connectivity index (χ1) is 10.1. The number of rotatable bonds is 3. The Morgan fingerprint density at radius 1 is 0.810 bits per heavy atom. The lowest BCUT2D eigenvalue weighted by molar-refractivity contribution is 0.178. The minimum atomic E-state index is -0.596. The Morgan fingerprint density at radius 2 is 1.57 bits per heavy atom. The molecule has 0 amide bonds. The lowest BCUT2D eigenvalue weighted by atomic mass is 9.99. The predicted molar refractivity (Wildman–Crippen MR) is 89.1 cm³/mol. The summed E-state index contributed by atoms with van der Waals surface area (Å²) >= 11 is 11.9. The number of hydrogen-bond acceptors (Lipinski definition) is 1. The minimum Gasteiger partial charge on any atom is -0.388 e. The monoisotopic (exact) mass is 316 g/mol. The smallest absolute Gasteiger partial charge is 0.0830 e. The summed E-state index contributed by atoms with van der Waals surface area (Å²) in [6.07, 6.45) is -0.0519. The maximum absolute atomic E-state index is 10.4. The number of halogens is 2. The molecule has 3 aromatic carbocycles. The van der Waals surface area contributed by atoms with Gasteiger partial charge < -0.3 is 5.11 Å². The molecule has 0 radical (unpaired) electrons. The van der Waals surface area contributed by atoms with Crippen molar-refractivity contribution >= 4 is 34.0 Å². The van der Waals surface area contributed by atoms with Crippen molar-refractivity contribution in [3.8, 4) is 0 Å². The van der Waals surface area contributed by atoms with E-state index in [0.29, 0.717) is 16.5 Å². The number of fused-ring (bicyclic) bond motifs is 1. The van der Waals surface area contributed by atoms with Gasteiger partial charge in [0.2, 0.25) is 0 Å². The Bertz CT molecular complexity index is 783. The van der Waals surface area contributed by atoms with E-state index < -0.39 is 6.10 Å². The zero-order valence-electron chi connectivity index (χ0n) is 11.3. The molecule has 0 aromatic heterocycles. The van der Waals surface area contributed by atoms with E-state index in [0.717, 1.165) is 11.1 Å². The third-order valence-electron chi connectivity index (χ3n) is 3.57. The fourth-order valence-electron chi connectivity index (χ4n) is 2.43. The van der Waals surface area contributed by atoms with Crippen molar-refractivity contribution in [1.82, 2.24) is 0 Å². The standard InChI is InChI=1S/C18H14Cl2O/c19-16-8-7-15(11-17(16)20)18(21)10-12-5-6-13-3-1-2-4-14(13)9-12/h1-9,11,18,21H,10H2. The molecule has 0 bridgehead atoms. The van der Waals surface area contributed by atoms with Crippen LogP contribution in [-0.2, 0) is 6.42 Å². The fourth-order valence-corrected chi connectivity index (χ4v) is 2.73. The summed E-state index contributed by atoms with van der Waals surface area (Å²) in [5, 5.41) is 13.7. The first-order valence-electron chi connectivity index (χ1n) is 6.74. The van der Waals surface area contributed by atoms with Crippen LogP contribution in [0.5, 0.6) is 0 Å². The van der Waals surface area contributed by atoms with Crippen LogP contribution in [-0.4, -0.2) is 5.11 Å². The lowest BCUT2D eigenvalue weighted by Gasteiger charge is -2.12. The summed E-state index contributed by atoms with van der Waals surface area (Å²) in [5.74, 6) is 0. The molecule has 0 aliphatic rings. The quantitative estimate of drug-likeness (QED) is 0.683. The highest BCUT2D eigenvalue weighted by atomic mass is 35.5. The van der Waals surface area contributed by atoms with Crippen LogP contribution in [0.4, 0.5) is 0 Å². The molecule has 0 saturated heterocycles. The molecule has 1 nitrogen and oxygen atoms in total. The van der Waals surface area contributed by atoms with E-state index in [1.165, 1.54) is 10.8 Å². The zero-order chi connectivity index (χ0) is 14.8. The van der Waals surface area contributed by atoms with E-state index >= 15 is 0 Å². The largest absolute Gasteiger partial charge is 0.388 e. The molecule has 21 heavy (non-hydrogen) atoms. The van der Waals surface area contributed by atoms with Crippen LogP contribution in [0.15, 0.2) is 60.7 Å². The van der Waals surface area contributed by atoms with Gasteiger partial charge in [-0.05, 0) is 34.0 Å².